The molecule has 5 nitrogen and oxygen atoms in total. The van der Waals surface area contributed by atoms with Gasteiger partial charge in [0.15, 0.2) is 5.78 Å². The van der Waals surface area contributed by atoms with Gasteiger partial charge in [0, 0.05) is 23.2 Å². The van der Waals surface area contributed by atoms with Gasteiger partial charge in [0.05, 0.1) is 6.54 Å². The Bertz CT molecular complexity index is 1410. The topological polar surface area (TPSA) is 71.9 Å². The Kier molecular flexibility index (Phi) is 5.86. The highest BCUT2D eigenvalue weighted by Gasteiger charge is 2.20. The lowest BCUT2D eigenvalue weighted by Crippen LogP contribution is -2.37. The van der Waals surface area contributed by atoms with Gasteiger partial charge in [0.2, 0.25) is 0 Å². The van der Waals surface area contributed by atoms with Crippen molar-refractivity contribution < 1.29 is 9.18 Å². The number of halogens is 1. The van der Waals surface area contributed by atoms with E-state index in [1.54, 1.807) is 0 Å². The molecule has 1 aromatic heterocycles. The molecule has 0 saturated heterocycles. The lowest BCUT2D eigenvalue weighted by Gasteiger charge is -2.19. The SMILES string of the molecule is CC(C)c1c(Cc2cccc3ccccc23)n(CC(=O)c2ccc(F)cc2)c(=O)[nH]c1=O. The Balaban J connectivity index is 1.86. The summed E-state index contributed by atoms with van der Waals surface area (Å²) in [4.78, 5) is 40.8. The van der Waals surface area contributed by atoms with Crippen LogP contribution in [0.5, 0.6) is 0 Å². The van der Waals surface area contributed by atoms with E-state index in [2.05, 4.69) is 4.98 Å². The number of nitrogens with one attached hydrogen (secondary N) is 1. The maximum Gasteiger partial charge on any atom is 0.328 e. The van der Waals surface area contributed by atoms with Crippen molar-refractivity contribution in [3.05, 3.63) is 116 Å². The Hall–Kier alpha value is -3.80. The van der Waals surface area contributed by atoms with Gasteiger partial charge < -0.3 is 0 Å². The molecule has 6 heteroatoms. The van der Waals surface area contributed by atoms with E-state index in [1.165, 1.54) is 28.8 Å². The van der Waals surface area contributed by atoms with Gasteiger partial charge in [-0.25, -0.2) is 9.18 Å². The summed E-state index contributed by atoms with van der Waals surface area (Å²) in [6, 6.07) is 19.0. The van der Waals surface area contributed by atoms with Crippen LogP contribution in [0.4, 0.5) is 4.39 Å². The third-order valence-electron chi connectivity index (χ3n) is 5.63. The monoisotopic (exact) mass is 430 g/mol. The number of benzene rings is 3. The molecule has 0 aliphatic rings. The van der Waals surface area contributed by atoms with Gasteiger partial charge in [0.25, 0.3) is 5.56 Å². The number of hydrogen-bond acceptors (Lipinski definition) is 3. The van der Waals surface area contributed by atoms with Crippen LogP contribution >= 0.6 is 0 Å². The van der Waals surface area contributed by atoms with E-state index in [-0.39, 0.29) is 18.2 Å². The minimum Gasteiger partial charge on any atom is -0.292 e. The van der Waals surface area contributed by atoms with Crippen LogP contribution in [0.1, 0.15) is 46.9 Å². The van der Waals surface area contributed by atoms with Crippen LogP contribution < -0.4 is 11.2 Å². The smallest absolute Gasteiger partial charge is 0.292 e. The summed E-state index contributed by atoms with van der Waals surface area (Å²) < 4.78 is 14.6. The van der Waals surface area contributed by atoms with E-state index in [1.807, 2.05) is 56.3 Å². The number of hydrogen-bond donors (Lipinski definition) is 1. The predicted octanol–water partition coefficient (Wildman–Crippen LogP) is 4.43. The standard InChI is InChI=1S/C26H23FN2O3/c1-16(2)24-22(14-19-8-5-7-17-6-3-4-9-21(17)19)29(26(32)28-25(24)31)15-23(30)18-10-12-20(27)13-11-18/h3-13,16H,14-15H2,1-2H3,(H,28,31,32). The van der Waals surface area contributed by atoms with Gasteiger partial charge in [0.1, 0.15) is 5.82 Å². The van der Waals surface area contributed by atoms with Gasteiger partial charge in [-0.1, -0.05) is 56.3 Å². The van der Waals surface area contributed by atoms with E-state index < -0.39 is 17.1 Å². The average Bonchev–Trinajstić information content (AvgIpc) is 2.76. The van der Waals surface area contributed by atoms with Crippen LogP contribution in [0.2, 0.25) is 0 Å². The second kappa shape index (κ2) is 8.75. The minimum absolute atomic E-state index is 0.156. The number of fused-ring (bicyclic) bond motifs is 1. The molecule has 3 aromatic carbocycles. The quantitative estimate of drug-likeness (QED) is 0.460. The summed E-state index contributed by atoms with van der Waals surface area (Å²) in [6.07, 6.45) is 0.324. The van der Waals surface area contributed by atoms with Gasteiger partial charge in [-0.05, 0) is 46.5 Å². The Morgan fingerprint density at radius 1 is 0.969 bits per heavy atom. The van der Waals surface area contributed by atoms with Crippen molar-refractivity contribution in [3.8, 4) is 0 Å². The molecular formula is C26H23FN2O3. The molecule has 0 aliphatic heterocycles. The number of carbonyl (C=O) groups excluding carboxylic acids is 1. The molecule has 32 heavy (non-hydrogen) atoms. The average molecular weight is 430 g/mol. The molecule has 0 atom stereocenters. The molecule has 162 valence electrons. The molecule has 1 N–H and O–H groups in total. The van der Waals surface area contributed by atoms with Crippen molar-refractivity contribution in [2.24, 2.45) is 0 Å². The molecule has 0 radical (unpaired) electrons. The summed E-state index contributed by atoms with van der Waals surface area (Å²) in [6.45, 7) is 3.52. The highest BCUT2D eigenvalue weighted by Crippen LogP contribution is 2.24. The van der Waals surface area contributed by atoms with Crippen molar-refractivity contribution >= 4 is 16.6 Å². The maximum atomic E-state index is 13.3. The first-order chi connectivity index (χ1) is 15.3. The molecule has 0 bridgehead atoms. The second-order valence-electron chi connectivity index (χ2n) is 8.11. The van der Waals surface area contributed by atoms with Gasteiger partial charge in [-0.15, -0.1) is 0 Å². The zero-order chi connectivity index (χ0) is 22.8. The van der Waals surface area contributed by atoms with Crippen molar-refractivity contribution in [1.29, 1.82) is 0 Å². The molecule has 1 heterocycles. The molecule has 4 aromatic rings. The number of aromatic amines is 1. The lowest BCUT2D eigenvalue weighted by molar-refractivity contribution is 0.0969. The van der Waals surface area contributed by atoms with E-state index in [4.69, 9.17) is 0 Å². The van der Waals surface area contributed by atoms with Gasteiger partial charge in [-0.2, -0.15) is 0 Å². The first-order valence-electron chi connectivity index (χ1n) is 10.5. The number of aromatic nitrogens is 2. The number of carbonyl (C=O) groups is 1. The van der Waals surface area contributed by atoms with E-state index in [0.29, 0.717) is 23.2 Å². The number of Topliss-reactive ketones (excluding diaryl/α,β-unsaturated/α-hetero) is 1. The largest absolute Gasteiger partial charge is 0.328 e. The van der Waals surface area contributed by atoms with Gasteiger partial charge in [-0.3, -0.25) is 19.1 Å². The highest BCUT2D eigenvalue weighted by molar-refractivity contribution is 5.96. The van der Waals surface area contributed by atoms with Crippen LogP contribution in [0.25, 0.3) is 10.8 Å². The van der Waals surface area contributed by atoms with E-state index in [0.717, 1.165) is 16.3 Å². The van der Waals surface area contributed by atoms with Crippen molar-refractivity contribution in [3.63, 3.8) is 0 Å². The Labute approximate surface area is 184 Å². The summed E-state index contributed by atoms with van der Waals surface area (Å²) in [5, 5.41) is 2.08. The summed E-state index contributed by atoms with van der Waals surface area (Å²) in [5.41, 5.74) is 1.17. The number of ketones is 1. The third kappa shape index (κ3) is 4.17. The van der Waals surface area contributed by atoms with Crippen LogP contribution in [0.3, 0.4) is 0 Å². The molecule has 0 aliphatic carbocycles. The van der Waals surface area contributed by atoms with Crippen LogP contribution in [-0.4, -0.2) is 15.3 Å². The first-order valence-corrected chi connectivity index (χ1v) is 10.5. The Morgan fingerprint density at radius 3 is 2.38 bits per heavy atom. The fourth-order valence-electron chi connectivity index (χ4n) is 4.08. The fourth-order valence-corrected chi connectivity index (χ4v) is 4.08. The molecule has 0 fully saturated rings. The molecule has 0 amide bonds. The zero-order valence-corrected chi connectivity index (χ0v) is 17.9. The Morgan fingerprint density at radius 2 is 1.66 bits per heavy atom. The molecule has 0 unspecified atom stereocenters. The lowest BCUT2D eigenvalue weighted by atomic mass is 9.95. The third-order valence-corrected chi connectivity index (χ3v) is 5.63. The fraction of sp³-hybridized carbons (Fsp3) is 0.192. The van der Waals surface area contributed by atoms with Crippen molar-refractivity contribution in [2.75, 3.05) is 0 Å². The maximum absolute atomic E-state index is 13.3. The minimum atomic E-state index is -0.634. The molecule has 0 spiro atoms. The van der Waals surface area contributed by atoms with E-state index in [9.17, 15) is 18.8 Å². The summed E-state index contributed by atoms with van der Waals surface area (Å²) >= 11 is 0. The van der Waals surface area contributed by atoms with E-state index >= 15 is 0 Å². The molecular weight excluding hydrogens is 407 g/mol. The normalized spacial score (nSPS) is 11.2. The molecule has 4 rings (SSSR count). The number of rotatable bonds is 6. The zero-order valence-electron chi connectivity index (χ0n) is 17.9. The number of nitrogens with zero attached hydrogens (tertiary/aromatic N) is 1. The predicted molar refractivity (Wildman–Crippen MR) is 123 cm³/mol. The van der Waals surface area contributed by atoms with Crippen molar-refractivity contribution in [1.82, 2.24) is 9.55 Å². The number of H-pyrrole nitrogens is 1. The van der Waals surface area contributed by atoms with Crippen molar-refractivity contribution in [2.45, 2.75) is 32.7 Å². The first kappa shape index (κ1) is 21.4. The summed E-state index contributed by atoms with van der Waals surface area (Å²) in [7, 11) is 0. The van der Waals surface area contributed by atoms with Crippen LogP contribution in [0, 0.1) is 5.82 Å². The second-order valence-corrected chi connectivity index (χ2v) is 8.11. The highest BCUT2D eigenvalue weighted by atomic mass is 19.1. The van der Waals surface area contributed by atoms with Crippen LogP contribution in [0.15, 0.2) is 76.3 Å². The van der Waals surface area contributed by atoms with Gasteiger partial charge >= 0.3 is 5.69 Å². The summed E-state index contributed by atoms with van der Waals surface area (Å²) in [5.74, 6) is -0.939. The molecule has 0 saturated carbocycles. The van der Waals surface area contributed by atoms with Crippen LogP contribution in [-0.2, 0) is 13.0 Å².